The molecule has 3 amide bonds. The molecule has 8 nitrogen and oxygen atoms in total. The molecule has 0 unspecified atom stereocenters. The Hall–Kier alpha value is -3.68. The summed E-state index contributed by atoms with van der Waals surface area (Å²) in [6, 6.07) is 10.8. The first-order chi connectivity index (χ1) is 14.3. The number of anilines is 1. The van der Waals surface area contributed by atoms with Crippen LogP contribution >= 0.6 is 0 Å². The molecule has 1 aliphatic rings. The minimum Gasteiger partial charge on any atom is -0.494 e. The molecule has 0 fully saturated rings. The van der Waals surface area contributed by atoms with Crippen LogP contribution in [-0.4, -0.2) is 42.9 Å². The lowest BCUT2D eigenvalue weighted by atomic mass is 10.1. The molecular weight excluding hydrogens is 388 g/mol. The molecule has 1 N–H and O–H groups in total. The average molecular weight is 410 g/mol. The fourth-order valence-electron chi connectivity index (χ4n) is 3.03. The fourth-order valence-corrected chi connectivity index (χ4v) is 3.03. The zero-order chi connectivity index (χ0) is 21.8. The van der Waals surface area contributed by atoms with Gasteiger partial charge in [0.1, 0.15) is 12.3 Å². The normalized spacial score (nSPS) is 12.7. The standard InChI is InChI=1S/C22H22N2O6/c1-4-29-16-8-6-15(7-9-16)24-21(27)17-10-5-14(11-18(17)22(24)28)20(26)23-12-19(25)30-13(2)3/h5-11,13H,4,12H2,1-3H3,(H,23,26). The second kappa shape index (κ2) is 8.77. The minimum absolute atomic E-state index is 0.131. The van der Waals surface area contributed by atoms with Crippen molar-refractivity contribution >= 4 is 29.4 Å². The number of hydrogen-bond acceptors (Lipinski definition) is 6. The van der Waals surface area contributed by atoms with Crippen molar-refractivity contribution in [2.24, 2.45) is 0 Å². The van der Waals surface area contributed by atoms with E-state index in [1.165, 1.54) is 18.2 Å². The molecule has 0 bridgehead atoms. The lowest BCUT2D eigenvalue weighted by molar-refractivity contribution is -0.146. The third-order valence-corrected chi connectivity index (χ3v) is 4.32. The number of fused-ring (bicyclic) bond motifs is 1. The van der Waals surface area contributed by atoms with Crippen molar-refractivity contribution in [3.05, 3.63) is 59.2 Å². The van der Waals surface area contributed by atoms with Crippen LogP contribution in [0.25, 0.3) is 0 Å². The highest BCUT2D eigenvalue weighted by atomic mass is 16.5. The Morgan fingerprint density at radius 3 is 2.30 bits per heavy atom. The molecule has 0 saturated carbocycles. The largest absolute Gasteiger partial charge is 0.494 e. The van der Waals surface area contributed by atoms with Crippen LogP contribution in [0.2, 0.25) is 0 Å². The number of carbonyl (C=O) groups is 4. The number of nitrogens with one attached hydrogen (secondary N) is 1. The van der Waals surface area contributed by atoms with Crippen molar-refractivity contribution in [1.29, 1.82) is 0 Å². The number of amides is 3. The van der Waals surface area contributed by atoms with E-state index in [0.717, 1.165) is 4.90 Å². The maximum atomic E-state index is 12.8. The molecule has 3 rings (SSSR count). The van der Waals surface area contributed by atoms with Gasteiger partial charge in [0.05, 0.1) is 29.5 Å². The first-order valence-corrected chi connectivity index (χ1v) is 9.55. The Morgan fingerprint density at radius 2 is 1.67 bits per heavy atom. The molecule has 0 spiro atoms. The van der Waals surface area contributed by atoms with Gasteiger partial charge >= 0.3 is 5.97 Å². The summed E-state index contributed by atoms with van der Waals surface area (Å²) in [6.07, 6.45) is -0.286. The number of carbonyl (C=O) groups excluding carboxylic acids is 4. The molecule has 1 aliphatic heterocycles. The lowest BCUT2D eigenvalue weighted by Gasteiger charge is -2.14. The molecule has 8 heteroatoms. The van der Waals surface area contributed by atoms with E-state index in [-0.39, 0.29) is 29.3 Å². The van der Waals surface area contributed by atoms with Crippen LogP contribution in [0.15, 0.2) is 42.5 Å². The number of hydrogen-bond donors (Lipinski definition) is 1. The van der Waals surface area contributed by atoms with Gasteiger partial charge in [0, 0.05) is 5.56 Å². The van der Waals surface area contributed by atoms with E-state index in [9.17, 15) is 19.2 Å². The van der Waals surface area contributed by atoms with Crippen molar-refractivity contribution < 1.29 is 28.7 Å². The van der Waals surface area contributed by atoms with Crippen LogP contribution in [0.4, 0.5) is 5.69 Å². The maximum Gasteiger partial charge on any atom is 0.325 e. The molecule has 0 aliphatic carbocycles. The number of esters is 1. The molecule has 0 aromatic heterocycles. The third kappa shape index (κ3) is 4.32. The number of benzene rings is 2. The summed E-state index contributed by atoms with van der Waals surface area (Å²) >= 11 is 0. The topological polar surface area (TPSA) is 102 Å². The van der Waals surface area contributed by atoms with Crippen molar-refractivity contribution in [2.45, 2.75) is 26.9 Å². The van der Waals surface area contributed by atoms with E-state index in [0.29, 0.717) is 18.0 Å². The summed E-state index contributed by atoms with van der Waals surface area (Å²) in [5, 5.41) is 2.45. The Balaban J connectivity index is 1.76. The van der Waals surface area contributed by atoms with Gasteiger partial charge in [0.25, 0.3) is 17.7 Å². The highest BCUT2D eigenvalue weighted by Gasteiger charge is 2.37. The summed E-state index contributed by atoms with van der Waals surface area (Å²) < 4.78 is 10.3. The van der Waals surface area contributed by atoms with Gasteiger partial charge in [0.2, 0.25) is 0 Å². The average Bonchev–Trinajstić information content (AvgIpc) is 2.96. The Morgan fingerprint density at radius 1 is 1.00 bits per heavy atom. The van der Waals surface area contributed by atoms with Crippen LogP contribution < -0.4 is 15.0 Å². The van der Waals surface area contributed by atoms with Crippen molar-refractivity contribution in [3.63, 3.8) is 0 Å². The van der Waals surface area contributed by atoms with Gasteiger partial charge in [-0.25, -0.2) is 4.90 Å². The quantitative estimate of drug-likeness (QED) is 0.556. The van der Waals surface area contributed by atoms with Gasteiger partial charge in [-0.05, 0) is 63.2 Å². The summed E-state index contributed by atoms with van der Waals surface area (Å²) in [5.41, 5.74) is 0.920. The van der Waals surface area contributed by atoms with Crippen LogP contribution in [0.3, 0.4) is 0 Å². The zero-order valence-corrected chi connectivity index (χ0v) is 16.9. The number of nitrogens with zero attached hydrogens (tertiary/aromatic N) is 1. The van der Waals surface area contributed by atoms with E-state index in [2.05, 4.69) is 5.32 Å². The number of imide groups is 1. The first-order valence-electron chi connectivity index (χ1n) is 9.55. The van der Waals surface area contributed by atoms with E-state index < -0.39 is 23.7 Å². The van der Waals surface area contributed by atoms with Crippen LogP contribution in [0.5, 0.6) is 5.75 Å². The van der Waals surface area contributed by atoms with Gasteiger partial charge in [-0.1, -0.05) is 0 Å². The number of ether oxygens (including phenoxy) is 2. The van der Waals surface area contributed by atoms with Gasteiger partial charge in [0.15, 0.2) is 0 Å². The van der Waals surface area contributed by atoms with Gasteiger partial charge in [-0.15, -0.1) is 0 Å². The monoisotopic (exact) mass is 410 g/mol. The Labute approximate surface area is 173 Å². The summed E-state index contributed by atoms with van der Waals surface area (Å²) in [6.45, 7) is 5.49. The van der Waals surface area contributed by atoms with Gasteiger partial charge in [-0.2, -0.15) is 0 Å². The van der Waals surface area contributed by atoms with E-state index in [1.54, 1.807) is 38.1 Å². The van der Waals surface area contributed by atoms with Crippen LogP contribution in [0, 0.1) is 0 Å². The smallest absolute Gasteiger partial charge is 0.325 e. The van der Waals surface area contributed by atoms with Crippen molar-refractivity contribution in [2.75, 3.05) is 18.1 Å². The Bertz CT molecular complexity index is 997. The molecule has 0 radical (unpaired) electrons. The van der Waals surface area contributed by atoms with Gasteiger partial charge < -0.3 is 14.8 Å². The van der Waals surface area contributed by atoms with E-state index in [4.69, 9.17) is 9.47 Å². The predicted molar refractivity (Wildman–Crippen MR) is 109 cm³/mol. The highest BCUT2D eigenvalue weighted by Crippen LogP contribution is 2.30. The molecule has 156 valence electrons. The van der Waals surface area contributed by atoms with Crippen molar-refractivity contribution in [1.82, 2.24) is 5.32 Å². The van der Waals surface area contributed by atoms with Gasteiger partial charge in [-0.3, -0.25) is 19.2 Å². The SMILES string of the molecule is CCOc1ccc(N2C(=O)c3ccc(C(=O)NCC(=O)OC(C)C)cc3C2=O)cc1. The summed E-state index contributed by atoms with van der Waals surface area (Å²) in [4.78, 5) is 50.6. The highest BCUT2D eigenvalue weighted by molar-refractivity contribution is 6.34. The van der Waals surface area contributed by atoms with Crippen molar-refractivity contribution in [3.8, 4) is 5.75 Å². The Kier molecular flexibility index (Phi) is 6.15. The summed E-state index contributed by atoms with van der Waals surface area (Å²) in [5.74, 6) is -1.46. The zero-order valence-electron chi connectivity index (χ0n) is 16.9. The van der Waals surface area contributed by atoms with Crippen LogP contribution in [0.1, 0.15) is 51.8 Å². The molecule has 2 aromatic carbocycles. The van der Waals surface area contributed by atoms with Crippen LogP contribution in [-0.2, 0) is 9.53 Å². The molecule has 0 atom stereocenters. The second-order valence-corrected chi connectivity index (χ2v) is 6.85. The maximum absolute atomic E-state index is 12.8. The summed E-state index contributed by atoms with van der Waals surface area (Å²) in [7, 11) is 0. The molecule has 1 heterocycles. The fraction of sp³-hybridized carbons (Fsp3) is 0.273. The van der Waals surface area contributed by atoms with E-state index >= 15 is 0 Å². The molecule has 2 aromatic rings. The molecule has 0 saturated heterocycles. The van der Waals surface area contributed by atoms with E-state index in [1.807, 2.05) is 6.92 Å². The molecular formula is C22H22N2O6. The molecule has 30 heavy (non-hydrogen) atoms. The number of rotatable bonds is 7. The minimum atomic E-state index is -0.563. The third-order valence-electron chi connectivity index (χ3n) is 4.32. The first kappa shape index (κ1) is 21.0. The predicted octanol–water partition coefficient (Wildman–Crippen LogP) is 2.57. The lowest BCUT2D eigenvalue weighted by Crippen LogP contribution is -2.31. The second-order valence-electron chi connectivity index (χ2n) is 6.85.